The lowest BCUT2D eigenvalue weighted by atomic mass is 10.0. The molecule has 0 radical (unpaired) electrons. The van der Waals surface area contributed by atoms with E-state index >= 15 is 0 Å². The Labute approximate surface area is 224 Å². The van der Waals surface area contributed by atoms with Crippen LogP contribution in [-0.4, -0.2) is 51.2 Å². The van der Waals surface area contributed by atoms with Gasteiger partial charge in [0.2, 0.25) is 0 Å². The van der Waals surface area contributed by atoms with Crippen LogP contribution in [0.15, 0.2) is 36.7 Å². The summed E-state index contributed by atoms with van der Waals surface area (Å²) in [5.74, 6) is 0.529. The molecule has 8 heteroatoms. The van der Waals surface area contributed by atoms with Gasteiger partial charge in [-0.15, -0.1) is 0 Å². The van der Waals surface area contributed by atoms with Gasteiger partial charge in [0.05, 0.1) is 41.8 Å². The largest absolute Gasteiger partial charge is 0.444 e. The molecule has 1 amide bonds. The number of rotatable bonds is 10. The van der Waals surface area contributed by atoms with Crippen LogP contribution >= 0.6 is 0 Å². The summed E-state index contributed by atoms with van der Waals surface area (Å²) in [6.45, 7) is 8.57. The number of aromatic nitrogens is 4. The van der Waals surface area contributed by atoms with E-state index in [1.165, 1.54) is 24.0 Å². The van der Waals surface area contributed by atoms with E-state index in [2.05, 4.69) is 40.5 Å². The minimum atomic E-state index is -0.462. The Bertz CT molecular complexity index is 1300. The predicted octanol–water partition coefficient (Wildman–Crippen LogP) is 6.26. The van der Waals surface area contributed by atoms with Gasteiger partial charge >= 0.3 is 6.09 Å². The Hall–Kier alpha value is -3.26. The van der Waals surface area contributed by atoms with E-state index in [1.807, 2.05) is 27.0 Å². The first-order valence-electron chi connectivity index (χ1n) is 13.9. The Morgan fingerprint density at radius 1 is 1.16 bits per heavy atom. The number of nitrogens with one attached hydrogen (secondary N) is 1. The number of carbonyl (C=O) groups is 1. The summed E-state index contributed by atoms with van der Waals surface area (Å²) in [5.41, 5.74) is 7.05. The van der Waals surface area contributed by atoms with Gasteiger partial charge in [0, 0.05) is 30.8 Å². The molecule has 0 unspecified atom stereocenters. The summed E-state index contributed by atoms with van der Waals surface area (Å²) >= 11 is 0. The van der Waals surface area contributed by atoms with Gasteiger partial charge in [-0.1, -0.05) is 25.0 Å². The van der Waals surface area contributed by atoms with E-state index in [-0.39, 0.29) is 6.09 Å². The molecule has 38 heavy (non-hydrogen) atoms. The molecule has 1 aliphatic heterocycles. The van der Waals surface area contributed by atoms with Crippen LogP contribution in [0.5, 0.6) is 0 Å². The number of alkyl carbamates (subject to hydrolysis) is 1. The molecule has 1 aromatic carbocycles. The van der Waals surface area contributed by atoms with Crippen LogP contribution < -0.4 is 5.32 Å². The first-order valence-corrected chi connectivity index (χ1v) is 13.9. The zero-order chi connectivity index (χ0) is 26.5. The van der Waals surface area contributed by atoms with Crippen molar-refractivity contribution < 1.29 is 14.3 Å². The van der Waals surface area contributed by atoms with E-state index in [9.17, 15) is 4.79 Å². The van der Waals surface area contributed by atoms with Crippen LogP contribution in [0.1, 0.15) is 82.9 Å². The summed E-state index contributed by atoms with van der Waals surface area (Å²) in [6.07, 6.45) is 13.3. The van der Waals surface area contributed by atoms with E-state index in [1.54, 1.807) is 0 Å². The first-order chi connectivity index (χ1) is 18.4. The van der Waals surface area contributed by atoms with Gasteiger partial charge in [-0.05, 0) is 76.1 Å². The fourth-order valence-electron chi connectivity index (χ4n) is 4.79. The molecule has 1 aliphatic carbocycles. The van der Waals surface area contributed by atoms with E-state index in [0.717, 1.165) is 73.2 Å². The first kappa shape index (κ1) is 26.4. The lowest BCUT2D eigenvalue weighted by molar-refractivity contribution is 0.0527. The predicted molar refractivity (Wildman–Crippen MR) is 149 cm³/mol. The SMILES string of the molecule is CC(C)(C)OC(=O)NCCCCCCn1cc(-c2cnc3ccc(C4=CCOCC4)cc3n2)c(C2CC2)n1. The van der Waals surface area contributed by atoms with E-state index in [0.29, 0.717) is 19.1 Å². The third-order valence-electron chi connectivity index (χ3n) is 6.89. The second-order valence-electron chi connectivity index (χ2n) is 11.3. The Balaban J connectivity index is 1.19. The molecule has 0 bridgehead atoms. The maximum atomic E-state index is 11.7. The molecule has 0 atom stereocenters. The molecule has 2 aromatic heterocycles. The van der Waals surface area contributed by atoms with Crippen LogP contribution in [-0.2, 0) is 16.0 Å². The van der Waals surface area contributed by atoms with Crippen molar-refractivity contribution in [2.24, 2.45) is 0 Å². The quantitative estimate of drug-likeness (QED) is 0.319. The number of ether oxygens (including phenoxy) is 2. The van der Waals surface area contributed by atoms with Gasteiger partial charge in [-0.25, -0.2) is 9.78 Å². The van der Waals surface area contributed by atoms with Crippen LogP contribution in [0.25, 0.3) is 27.9 Å². The third-order valence-corrected chi connectivity index (χ3v) is 6.89. The zero-order valence-electron chi connectivity index (χ0n) is 22.8. The van der Waals surface area contributed by atoms with Gasteiger partial charge in [0.15, 0.2) is 0 Å². The van der Waals surface area contributed by atoms with Gasteiger partial charge in [0.25, 0.3) is 0 Å². The van der Waals surface area contributed by atoms with Crippen molar-refractivity contribution in [2.45, 2.75) is 83.8 Å². The molecule has 0 saturated heterocycles. The fourth-order valence-corrected chi connectivity index (χ4v) is 4.79. The zero-order valence-corrected chi connectivity index (χ0v) is 22.8. The lowest BCUT2D eigenvalue weighted by Gasteiger charge is -2.19. The molecule has 0 spiro atoms. The van der Waals surface area contributed by atoms with Crippen molar-refractivity contribution >= 4 is 22.7 Å². The molecular weight excluding hydrogens is 478 g/mol. The highest BCUT2D eigenvalue weighted by Crippen LogP contribution is 2.43. The van der Waals surface area contributed by atoms with Crippen LogP contribution in [0.2, 0.25) is 0 Å². The minimum Gasteiger partial charge on any atom is -0.444 e. The molecule has 3 aromatic rings. The fraction of sp³-hybridized carbons (Fsp3) is 0.533. The molecule has 1 fully saturated rings. The minimum absolute atomic E-state index is 0.345. The number of unbranched alkanes of at least 4 members (excludes halogenated alkanes) is 3. The maximum absolute atomic E-state index is 11.7. The van der Waals surface area contributed by atoms with Crippen molar-refractivity contribution in [3.8, 4) is 11.3 Å². The average Bonchev–Trinajstić information content (AvgIpc) is 3.66. The number of hydrogen-bond donors (Lipinski definition) is 1. The van der Waals surface area contributed by atoms with Gasteiger partial charge < -0.3 is 14.8 Å². The number of fused-ring (bicyclic) bond motifs is 1. The van der Waals surface area contributed by atoms with Crippen LogP contribution in [0.4, 0.5) is 4.79 Å². The molecule has 5 rings (SSSR count). The lowest BCUT2D eigenvalue weighted by Crippen LogP contribution is -2.32. The van der Waals surface area contributed by atoms with E-state index in [4.69, 9.17) is 24.5 Å². The number of amides is 1. The number of aryl methyl sites for hydroxylation is 1. The van der Waals surface area contributed by atoms with Gasteiger partial charge in [-0.2, -0.15) is 5.10 Å². The van der Waals surface area contributed by atoms with Crippen molar-refractivity contribution in [3.63, 3.8) is 0 Å². The van der Waals surface area contributed by atoms with Crippen molar-refractivity contribution in [1.82, 2.24) is 25.1 Å². The number of benzene rings is 1. The summed E-state index contributed by atoms with van der Waals surface area (Å²) in [7, 11) is 0. The topological polar surface area (TPSA) is 91.2 Å². The maximum Gasteiger partial charge on any atom is 0.407 e. The Morgan fingerprint density at radius 2 is 2.00 bits per heavy atom. The number of hydrogen-bond acceptors (Lipinski definition) is 6. The van der Waals surface area contributed by atoms with Crippen LogP contribution in [0.3, 0.4) is 0 Å². The molecule has 1 N–H and O–H groups in total. The Morgan fingerprint density at radius 3 is 2.76 bits per heavy atom. The highest BCUT2D eigenvalue weighted by atomic mass is 16.6. The van der Waals surface area contributed by atoms with Crippen molar-refractivity contribution in [1.29, 1.82) is 0 Å². The van der Waals surface area contributed by atoms with Gasteiger partial charge in [0.1, 0.15) is 5.60 Å². The van der Waals surface area contributed by atoms with Gasteiger partial charge in [-0.3, -0.25) is 9.67 Å². The standard InChI is InChI=1S/C30H39N5O3/c1-30(2,3)38-29(36)31-14-6-4-5-7-15-35-20-24(28(34-35)22-8-9-22)27-19-32-25-11-10-23(18-26(25)33-27)21-12-16-37-17-13-21/h10-12,18-20,22H,4-9,13-17H2,1-3H3,(H,31,36). The normalized spacial score (nSPS) is 15.9. The number of carbonyl (C=O) groups excluding carboxylic acids is 1. The summed E-state index contributed by atoms with van der Waals surface area (Å²) in [6, 6.07) is 6.35. The highest BCUT2D eigenvalue weighted by molar-refractivity contribution is 5.82. The van der Waals surface area contributed by atoms with Crippen molar-refractivity contribution in [2.75, 3.05) is 19.8 Å². The highest BCUT2D eigenvalue weighted by Gasteiger charge is 2.30. The molecule has 8 nitrogen and oxygen atoms in total. The average molecular weight is 518 g/mol. The second-order valence-corrected chi connectivity index (χ2v) is 11.3. The number of nitrogens with zero attached hydrogens (tertiary/aromatic N) is 4. The van der Waals surface area contributed by atoms with Crippen LogP contribution in [0, 0.1) is 0 Å². The Kier molecular flexibility index (Phi) is 8.07. The molecular formula is C30H39N5O3. The molecule has 3 heterocycles. The smallest absolute Gasteiger partial charge is 0.407 e. The summed E-state index contributed by atoms with van der Waals surface area (Å²) in [5, 5.41) is 7.79. The summed E-state index contributed by atoms with van der Waals surface area (Å²) < 4.78 is 12.8. The molecule has 2 aliphatic rings. The van der Waals surface area contributed by atoms with E-state index < -0.39 is 5.60 Å². The second kappa shape index (κ2) is 11.6. The summed E-state index contributed by atoms with van der Waals surface area (Å²) in [4.78, 5) is 21.5. The molecule has 1 saturated carbocycles. The third kappa shape index (κ3) is 6.98. The monoisotopic (exact) mass is 517 g/mol. The molecule has 202 valence electrons. The van der Waals surface area contributed by atoms with Crippen molar-refractivity contribution in [3.05, 3.63) is 47.9 Å².